The Kier molecular flexibility index (Phi) is 7.01. The van der Waals surface area contributed by atoms with E-state index in [1.165, 1.54) is 27.4 Å². The number of primary amides is 1. The number of hydrogen-bond acceptors (Lipinski definition) is 5. The molecule has 2 N–H and O–H groups in total. The number of likely N-dealkylation sites (N-methyl/N-ethyl adjacent to an activating group) is 1. The molecule has 0 spiro atoms. The van der Waals surface area contributed by atoms with Crippen LogP contribution in [0.25, 0.3) is 0 Å². The minimum absolute atomic E-state index is 0.114. The summed E-state index contributed by atoms with van der Waals surface area (Å²) in [5, 5.41) is 0. The lowest BCUT2D eigenvalue weighted by Crippen LogP contribution is -2.43. The highest BCUT2D eigenvalue weighted by Gasteiger charge is 2.32. The first-order valence-electron chi connectivity index (χ1n) is 11.4. The Bertz CT molecular complexity index is 1200. The fourth-order valence-corrected chi connectivity index (χ4v) is 6.32. The summed E-state index contributed by atoms with van der Waals surface area (Å²) in [5.41, 5.74) is 7.39. The molecule has 0 radical (unpaired) electrons. The molecule has 0 aromatic heterocycles. The van der Waals surface area contributed by atoms with E-state index in [4.69, 9.17) is 5.73 Å². The number of fused-ring (bicyclic) bond motifs is 1. The van der Waals surface area contributed by atoms with Gasteiger partial charge in [-0.15, -0.1) is 0 Å². The number of sulfonamides is 1. The minimum atomic E-state index is -3.56. The number of carbonyl (C=O) groups is 2. The largest absolute Gasteiger partial charge is 0.368 e. The molecule has 2 aromatic carbocycles. The van der Waals surface area contributed by atoms with Gasteiger partial charge in [0.15, 0.2) is 0 Å². The Balaban J connectivity index is 1.50. The zero-order valence-corrected chi connectivity index (χ0v) is 19.9. The number of piperidine rings is 1. The lowest BCUT2D eigenvalue weighted by atomic mass is 10.0. The number of amides is 2. The molecule has 0 bridgehead atoms. The Labute approximate surface area is 199 Å². The van der Waals surface area contributed by atoms with Crippen molar-refractivity contribution in [2.24, 2.45) is 5.73 Å². The van der Waals surface area contributed by atoms with Crippen molar-refractivity contribution in [2.45, 2.75) is 36.6 Å². The average Bonchev–Trinajstić information content (AvgIpc) is 3.23. The molecule has 1 unspecified atom stereocenters. The van der Waals surface area contributed by atoms with Crippen molar-refractivity contribution >= 4 is 27.5 Å². The molecule has 182 valence electrons. The van der Waals surface area contributed by atoms with Crippen LogP contribution in [0.5, 0.6) is 0 Å². The van der Waals surface area contributed by atoms with Crippen molar-refractivity contribution < 1.29 is 22.4 Å². The number of halogens is 1. The summed E-state index contributed by atoms with van der Waals surface area (Å²) >= 11 is 0. The third kappa shape index (κ3) is 4.84. The van der Waals surface area contributed by atoms with Gasteiger partial charge in [0.1, 0.15) is 11.9 Å². The number of benzene rings is 2. The molecule has 2 heterocycles. The molecule has 0 saturated carbocycles. The minimum Gasteiger partial charge on any atom is -0.368 e. The number of rotatable bonds is 7. The number of hydrogen-bond donors (Lipinski definition) is 1. The van der Waals surface area contributed by atoms with E-state index in [2.05, 4.69) is 0 Å². The van der Waals surface area contributed by atoms with Gasteiger partial charge < -0.3 is 10.6 Å². The van der Waals surface area contributed by atoms with Crippen LogP contribution in [-0.2, 0) is 26.0 Å². The summed E-state index contributed by atoms with van der Waals surface area (Å²) in [6.45, 7) is 1.36. The van der Waals surface area contributed by atoms with Crippen molar-refractivity contribution in [3.63, 3.8) is 0 Å². The van der Waals surface area contributed by atoms with Crippen LogP contribution >= 0.6 is 0 Å². The van der Waals surface area contributed by atoms with Gasteiger partial charge in [0.25, 0.3) is 0 Å². The van der Waals surface area contributed by atoms with Crippen LogP contribution in [0.2, 0.25) is 0 Å². The summed E-state index contributed by atoms with van der Waals surface area (Å²) in [5.74, 6) is -1.43. The first-order valence-corrected chi connectivity index (χ1v) is 12.8. The number of carbonyl (C=O) groups excluding carboxylic acids is 2. The zero-order valence-electron chi connectivity index (χ0n) is 19.1. The smallest absolute Gasteiger partial charge is 0.243 e. The van der Waals surface area contributed by atoms with Gasteiger partial charge >= 0.3 is 0 Å². The number of nitrogens with two attached hydrogens (primary N) is 1. The zero-order chi connectivity index (χ0) is 24.5. The Morgan fingerprint density at radius 3 is 2.50 bits per heavy atom. The van der Waals surface area contributed by atoms with E-state index in [9.17, 15) is 22.4 Å². The summed E-state index contributed by atoms with van der Waals surface area (Å²) in [7, 11) is -1.97. The third-order valence-electron chi connectivity index (χ3n) is 6.46. The van der Waals surface area contributed by atoms with E-state index in [1.807, 2.05) is 0 Å². The van der Waals surface area contributed by atoms with Crippen molar-refractivity contribution in [3.05, 3.63) is 59.4 Å². The second-order valence-electron chi connectivity index (χ2n) is 8.83. The maximum atomic E-state index is 13.7. The summed E-state index contributed by atoms with van der Waals surface area (Å²) in [4.78, 5) is 28.5. The van der Waals surface area contributed by atoms with Crippen LogP contribution in [-0.4, -0.2) is 62.7 Å². The quantitative estimate of drug-likeness (QED) is 0.643. The Morgan fingerprint density at radius 2 is 1.82 bits per heavy atom. The van der Waals surface area contributed by atoms with Gasteiger partial charge in [-0.3, -0.25) is 14.5 Å². The fraction of sp³-hybridized carbons (Fsp3) is 0.417. The summed E-state index contributed by atoms with van der Waals surface area (Å²) in [6, 6.07) is 9.51. The van der Waals surface area contributed by atoms with E-state index < -0.39 is 27.8 Å². The molecule has 34 heavy (non-hydrogen) atoms. The van der Waals surface area contributed by atoms with Crippen molar-refractivity contribution in [1.82, 2.24) is 9.21 Å². The molecule has 1 fully saturated rings. The maximum absolute atomic E-state index is 13.7. The highest BCUT2D eigenvalue weighted by molar-refractivity contribution is 7.89. The van der Waals surface area contributed by atoms with Crippen LogP contribution in [0.4, 0.5) is 10.1 Å². The van der Waals surface area contributed by atoms with Crippen molar-refractivity contribution in [1.29, 1.82) is 0 Å². The van der Waals surface area contributed by atoms with Gasteiger partial charge in [-0.1, -0.05) is 18.6 Å². The van der Waals surface area contributed by atoms with E-state index in [0.29, 0.717) is 37.3 Å². The topological polar surface area (TPSA) is 104 Å². The highest BCUT2D eigenvalue weighted by Crippen LogP contribution is 2.32. The number of anilines is 1. The SMILES string of the molecule is CN(CC(=O)N1CCc2cc(S(=O)(=O)N3CCCCC3)ccc21)C(C(N)=O)c1cccc(F)c1. The molecule has 1 atom stereocenters. The maximum Gasteiger partial charge on any atom is 0.243 e. The lowest BCUT2D eigenvalue weighted by Gasteiger charge is -2.28. The van der Waals surface area contributed by atoms with Gasteiger partial charge in [0.05, 0.1) is 11.4 Å². The van der Waals surface area contributed by atoms with E-state index in [0.717, 1.165) is 24.8 Å². The van der Waals surface area contributed by atoms with Gasteiger partial charge in [0.2, 0.25) is 21.8 Å². The van der Waals surface area contributed by atoms with Gasteiger partial charge in [0, 0.05) is 25.3 Å². The second-order valence-corrected chi connectivity index (χ2v) is 10.8. The van der Waals surface area contributed by atoms with Crippen LogP contribution in [0.15, 0.2) is 47.4 Å². The molecule has 2 amide bonds. The third-order valence-corrected chi connectivity index (χ3v) is 8.35. The Morgan fingerprint density at radius 1 is 1.09 bits per heavy atom. The molecule has 4 rings (SSSR count). The van der Waals surface area contributed by atoms with Crippen LogP contribution in [0.1, 0.15) is 36.4 Å². The second kappa shape index (κ2) is 9.81. The molecular formula is C24H29FN4O4S. The van der Waals surface area contributed by atoms with Crippen molar-refractivity contribution in [3.8, 4) is 0 Å². The highest BCUT2D eigenvalue weighted by atomic mass is 32.2. The Hall–Kier alpha value is -2.82. The van der Waals surface area contributed by atoms with Gasteiger partial charge in [-0.05, 0) is 67.8 Å². The fourth-order valence-electron chi connectivity index (χ4n) is 4.75. The predicted octanol–water partition coefficient (Wildman–Crippen LogP) is 2.05. The summed E-state index contributed by atoms with van der Waals surface area (Å²) in [6.07, 6.45) is 3.30. The summed E-state index contributed by atoms with van der Waals surface area (Å²) < 4.78 is 41.2. The molecule has 2 aliphatic rings. The van der Waals surface area contributed by atoms with Crippen LogP contribution in [0, 0.1) is 5.82 Å². The molecule has 1 saturated heterocycles. The lowest BCUT2D eigenvalue weighted by molar-refractivity contribution is -0.125. The van der Waals surface area contributed by atoms with Crippen LogP contribution < -0.4 is 10.6 Å². The van der Waals surface area contributed by atoms with E-state index in [1.54, 1.807) is 36.2 Å². The molecular weight excluding hydrogens is 459 g/mol. The monoisotopic (exact) mass is 488 g/mol. The molecule has 2 aliphatic heterocycles. The van der Waals surface area contributed by atoms with E-state index in [-0.39, 0.29) is 17.3 Å². The van der Waals surface area contributed by atoms with Gasteiger partial charge in [-0.2, -0.15) is 4.31 Å². The molecule has 10 heteroatoms. The normalized spacial score (nSPS) is 17.6. The first kappa shape index (κ1) is 24.3. The van der Waals surface area contributed by atoms with E-state index >= 15 is 0 Å². The first-order chi connectivity index (χ1) is 16.2. The van der Waals surface area contributed by atoms with Crippen molar-refractivity contribution in [2.75, 3.05) is 38.1 Å². The molecule has 2 aromatic rings. The standard InChI is InChI=1S/C24H29FN4O4S/c1-27(23(24(26)31)18-6-5-7-19(25)14-18)16-22(30)29-13-10-17-15-20(8-9-21(17)29)34(32,33)28-11-3-2-4-12-28/h5-9,14-15,23H,2-4,10-13,16H2,1H3,(H2,26,31). The number of nitrogens with zero attached hydrogens (tertiary/aromatic N) is 3. The molecule has 0 aliphatic carbocycles. The van der Waals surface area contributed by atoms with Crippen LogP contribution in [0.3, 0.4) is 0 Å². The molecule has 8 nitrogen and oxygen atoms in total. The van der Waals surface area contributed by atoms with Gasteiger partial charge in [-0.25, -0.2) is 12.8 Å². The average molecular weight is 489 g/mol. The predicted molar refractivity (Wildman–Crippen MR) is 126 cm³/mol.